The molecule has 2 aliphatic rings. The Morgan fingerprint density at radius 1 is 1.18 bits per heavy atom. The third-order valence-electron chi connectivity index (χ3n) is 5.91. The van der Waals surface area contributed by atoms with E-state index in [4.69, 9.17) is 0 Å². The van der Waals surface area contributed by atoms with E-state index in [2.05, 4.69) is 51.5 Å². The lowest BCUT2D eigenvalue weighted by molar-refractivity contribution is 0.102. The monoisotopic (exact) mass is 393 g/mol. The van der Waals surface area contributed by atoms with Crippen LogP contribution in [0.4, 0.5) is 5.95 Å². The number of aryl methyl sites for hydroxylation is 1. The van der Waals surface area contributed by atoms with Gasteiger partial charge in [-0.3, -0.25) is 15.0 Å². The minimum Gasteiger partial charge on any atom is -0.294 e. The van der Waals surface area contributed by atoms with Crippen LogP contribution < -0.4 is 5.32 Å². The van der Waals surface area contributed by atoms with Gasteiger partial charge in [0.2, 0.25) is 5.95 Å². The van der Waals surface area contributed by atoms with Crippen LogP contribution in [0.25, 0.3) is 0 Å². The lowest BCUT2D eigenvalue weighted by Gasteiger charge is -2.41. The van der Waals surface area contributed by atoms with Crippen LogP contribution in [0.1, 0.15) is 46.0 Å². The molecule has 2 aromatic heterocycles. The summed E-state index contributed by atoms with van der Waals surface area (Å²) in [7, 11) is 0. The van der Waals surface area contributed by atoms with E-state index in [0.29, 0.717) is 16.9 Å². The summed E-state index contributed by atoms with van der Waals surface area (Å²) in [6.45, 7) is 4.29. The molecule has 3 aromatic rings. The lowest BCUT2D eigenvalue weighted by atomic mass is 9.93. The molecule has 1 aromatic carbocycles. The highest BCUT2D eigenvalue weighted by atomic mass is 32.1. The molecule has 1 N–H and O–H groups in total. The molecule has 2 unspecified atom stereocenters. The van der Waals surface area contributed by atoms with Crippen LogP contribution in [0.5, 0.6) is 0 Å². The van der Waals surface area contributed by atoms with Crippen LogP contribution in [-0.4, -0.2) is 38.2 Å². The van der Waals surface area contributed by atoms with Gasteiger partial charge in [0.25, 0.3) is 5.91 Å². The van der Waals surface area contributed by atoms with Crippen molar-refractivity contribution >= 4 is 23.2 Å². The van der Waals surface area contributed by atoms with E-state index in [1.165, 1.54) is 22.5 Å². The van der Waals surface area contributed by atoms with Crippen molar-refractivity contribution < 1.29 is 4.79 Å². The molecule has 0 saturated heterocycles. The summed E-state index contributed by atoms with van der Waals surface area (Å²) >= 11 is 1.42. The van der Waals surface area contributed by atoms with Crippen molar-refractivity contribution in [3.8, 4) is 0 Å². The van der Waals surface area contributed by atoms with Gasteiger partial charge in [0, 0.05) is 25.6 Å². The third-order valence-corrected chi connectivity index (χ3v) is 6.78. The molecule has 6 nitrogen and oxygen atoms in total. The standard InChI is InChI=1S/C21H23N5OS/c1-14-17(25-11-10-15-5-2-3-6-16(15)13-25)8-9-19-22-21(24-26(14)19)23-20(27)18-7-4-12-28-18/h2-7,12,14,17H,8-11,13H2,1H3,(H,23,24,27). The van der Waals surface area contributed by atoms with Crippen molar-refractivity contribution in [3.63, 3.8) is 0 Å². The van der Waals surface area contributed by atoms with Gasteiger partial charge < -0.3 is 0 Å². The fourth-order valence-electron chi connectivity index (χ4n) is 4.45. The van der Waals surface area contributed by atoms with Crippen molar-refractivity contribution in [1.82, 2.24) is 19.7 Å². The summed E-state index contributed by atoms with van der Waals surface area (Å²) in [5.74, 6) is 1.22. The number of hydrogen-bond donors (Lipinski definition) is 1. The van der Waals surface area contributed by atoms with Gasteiger partial charge in [0.15, 0.2) is 0 Å². The Kier molecular flexibility index (Phi) is 4.49. The molecular formula is C21H23N5OS. The Balaban J connectivity index is 1.32. The maximum Gasteiger partial charge on any atom is 0.268 e. The predicted octanol–water partition coefficient (Wildman–Crippen LogP) is 3.53. The molecule has 28 heavy (non-hydrogen) atoms. The molecule has 0 spiro atoms. The Hall–Kier alpha value is -2.51. The van der Waals surface area contributed by atoms with E-state index in [1.807, 2.05) is 22.2 Å². The van der Waals surface area contributed by atoms with E-state index in [-0.39, 0.29) is 11.9 Å². The molecule has 7 heteroatoms. The Morgan fingerprint density at radius 3 is 2.86 bits per heavy atom. The average molecular weight is 394 g/mol. The minimum absolute atomic E-state index is 0.144. The number of anilines is 1. The highest BCUT2D eigenvalue weighted by Gasteiger charge is 2.34. The Morgan fingerprint density at radius 2 is 2.04 bits per heavy atom. The quantitative estimate of drug-likeness (QED) is 0.739. The second-order valence-electron chi connectivity index (χ2n) is 7.56. The first-order valence-corrected chi connectivity index (χ1v) is 10.7. The van der Waals surface area contributed by atoms with E-state index < -0.39 is 0 Å². The maximum atomic E-state index is 12.3. The van der Waals surface area contributed by atoms with Crippen molar-refractivity contribution in [2.45, 2.75) is 44.8 Å². The van der Waals surface area contributed by atoms with Crippen LogP contribution in [0.3, 0.4) is 0 Å². The van der Waals surface area contributed by atoms with Gasteiger partial charge in [-0.05, 0) is 42.3 Å². The molecule has 0 saturated carbocycles. The number of benzene rings is 1. The van der Waals surface area contributed by atoms with E-state index in [1.54, 1.807) is 0 Å². The fourth-order valence-corrected chi connectivity index (χ4v) is 5.06. The average Bonchev–Trinajstić information content (AvgIpc) is 3.38. The second-order valence-corrected chi connectivity index (χ2v) is 8.51. The van der Waals surface area contributed by atoms with Gasteiger partial charge in [-0.15, -0.1) is 16.4 Å². The number of hydrogen-bond acceptors (Lipinski definition) is 5. The number of carbonyl (C=O) groups is 1. The number of aromatic nitrogens is 3. The van der Waals surface area contributed by atoms with Gasteiger partial charge in [-0.1, -0.05) is 30.3 Å². The molecule has 1 amide bonds. The minimum atomic E-state index is -0.144. The fraction of sp³-hybridized carbons (Fsp3) is 0.381. The Labute approximate surface area is 168 Å². The van der Waals surface area contributed by atoms with Gasteiger partial charge in [-0.25, -0.2) is 4.68 Å². The first-order chi connectivity index (χ1) is 13.7. The molecule has 2 atom stereocenters. The molecule has 0 radical (unpaired) electrons. The number of fused-ring (bicyclic) bond motifs is 2. The smallest absolute Gasteiger partial charge is 0.268 e. The molecule has 144 valence electrons. The zero-order chi connectivity index (χ0) is 19.1. The summed E-state index contributed by atoms with van der Waals surface area (Å²) in [5, 5.41) is 9.36. The topological polar surface area (TPSA) is 63.1 Å². The number of nitrogens with zero attached hydrogens (tertiary/aromatic N) is 4. The molecule has 0 fully saturated rings. The Bertz CT molecular complexity index is 996. The normalized spacial score (nSPS) is 21.8. The van der Waals surface area contributed by atoms with Crippen molar-refractivity contribution in [2.24, 2.45) is 0 Å². The number of carbonyl (C=O) groups excluding carboxylic acids is 1. The highest BCUT2D eigenvalue weighted by molar-refractivity contribution is 7.12. The largest absolute Gasteiger partial charge is 0.294 e. The first-order valence-electron chi connectivity index (χ1n) is 9.80. The third kappa shape index (κ3) is 3.14. The van der Waals surface area contributed by atoms with Crippen LogP contribution in [-0.2, 0) is 19.4 Å². The maximum absolute atomic E-state index is 12.3. The highest BCUT2D eigenvalue weighted by Crippen LogP contribution is 2.31. The molecular weight excluding hydrogens is 370 g/mol. The van der Waals surface area contributed by atoms with Gasteiger partial charge in [0.1, 0.15) is 5.82 Å². The summed E-state index contributed by atoms with van der Waals surface area (Å²) in [6.07, 6.45) is 3.06. The van der Waals surface area contributed by atoms with Crippen molar-refractivity contribution in [3.05, 3.63) is 63.6 Å². The van der Waals surface area contributed by atoms with E-state index in [9.17, 15) is 4.79 Å². The van der Waals surface area contributed by atoms with Crippen LogP contribution >= 0.6 is 11.3 Å². The van der Waals surface area contributed by atoms with E-state index in [0.717, 1.165) is 38.2 Å². The zero-order valence-corrected chi connectivity index (χ0v) is 16.7. The molecule has 0 aliphatic carbocycles. The van der Waals surface area contributed by atoms with Gasteiger partial charge in [-0.2, -0.15) is 4.98 Å². The zero-order valence-electron chi connectivity index (χ0n) is 15.8. The summed E-state index contributed by atoms with van der Waals surface area (Å²) in [5.41, 5.74) is 2.91. The van der Waals surface area contributed by atoms with Gasteiger partial charge >= 0.3 is 0 Å². The van der Waals surface area contributed by atoms with Crippen LogP contribution in [0.15, 0.2) is 41.8 Å². The predicted molar refractivity (Wildman–Crippen MR) is 110 cm³/mol. The van der Waals surface area contributed by atoms with Crippen molar-refractivity contribution in [2.75, 3.05) is 11.9 Å². The summed E-state index contributed by atoms with van der Waals surface area (Å²) < 4.78 is 2.01. The number of rotatable bonds is 3. The van der Waals surface area contributed by atoms with E-state index >= 15 is 0 Å². The summed E-state index contributed by atoms with van der Waals surface area (Å²) in [4.78, 5) is 20.1. The van der Waals surface area contributed by atoms with Crippen LogP contribution in [0, 0.1) is 0 Å². The summed E-state index contributed by atoms with van der Waals surface area (Å²) in [6, 6.07) is 13.1. The van der Waals surface area contributed by atoms with Crippen LogP contribution in [0.2, 0.25) is 0 Å². The SMILES string of the molecule is CC1C(N2CCc3ccccc3C2)CCc2nc(NC(=O)c3cccs3)nn21. The van der Waals surface area contributed by atoms with Gasteiger partial charge in [0.05, 0.1) is 10.9 Å². The molecule has 4 heterocycles. The molecule has 5 rings (SSSR count). The molecule has 2 aliphatic heterocycles. The lowest BCUT2D eigenvalue weighted by Crippen LogP contribution is -2.46. The first kappa shape index (κ1) is 17.6. The second kappa shape index (κ2) is 7.14. The van der Waals surface area contributed by atoms with Crippen molar-refractivity contribution in [1.29, 1.82) is 0 Å². The molecule has 0 bridgehead atoms. The number of nitrogens with one attached hydrogen (secondary N) is 1. The number of thiophene rings is 1. The number of amides is 1.